The fourth-order valence-corrected chi connectivity index (χ4v) is 5.41. The Bertz CT molecular complexity index is 522. The van der Waals surface area contributed by atoms with Crippen LogP contribution in [0.25, 0.3) is 0 Å². The van der Waals surface area contributed by atoms with Gasteiger partial charge in [-0.25, -0.2) is 0 Å². The molecular weight excluding hydrogens is 302 g/mol. The predicted molar refractivity (Wildman–Crippen MR) is 91.0 cm³/mol. The molecule has 2 fully saturated rings. The van der Waals surface area contributed by atoms with Crippen LogP contribution >= 0.6 is 23.4 Å². The second-order valence-electron chi connectivity index (χ2n) is 6.21. The summed E-state index contributed by atoms with van der Waals surface area (Å²) in [7, 11) is 0. The molecule has 21 heavy (non-hydrogen) atoms. The van der Waals surface area contributed by atoms with Crippen molar-refractivity contribution in [2.45, 2.75) is 56.1 Å². The van der Waals surface area contributed by atoms with Gasteiger partial charge in [0.05, 0.1) is 10.1 Å². The second kappa shape index (κ2) is 5.85. The van der Waals surface area contributed by atoms with E-state index in [1.807, 2.05) is 43.0 Å². The lowest BCUT2D eigenvalue weighted by molar-refractivity contribution is -0.118. The van der Waals surface area contributed by atoms with E-state index in [1.54, 1.807) is 0 Å². The summed E-state index contributed by atoms with van der Waals surface area (Å²) in [5, 5.41) is 0.772. The average Bonchev–Trinajstić information content (AvgIpc) is 2.72. The molecule has 1 aromatic rings. The molecular formula is C17H22ClNOS. The molecule has 114 valence electrons. The van der Waals surface area contributed by atoms with Crippen LogP contribution in [-0.4, -0.2) is 16.0 Å². The van der Waals surface area contributed by atoms with Crippen LogP contribution in [0.2, 0.25) is 5.02 Å². The molecule has 1 atom stereocenters. The molecule has 3 rings (SSSR count). The number of hydrogen-bond donors (Lipinski definition) is 0. The van der Waals surface area contributed by atoms with Crippen molar-refractivity contribution in [3.63, 3.8) is 0 Å². The number of carbonyl (C=O) groups excluding carboxylic acids is 1. The predicted octanol–water partition coefficient (Wildman–Crippen LogP) is 5.10. The molecule has 0 N–H and O–H groups in total. The zero-order valence-electron chi connectivity index (χ0n) is 12.6. The summed E-state index contributed by atoms with van der Waals surface area (Å²) in [6.45, 7) is 4.31. The summed E-state index contributed by atoms with van der Waals surface area (Å²) < 4.78 is 0. The van der Waals surface area contributed by atoms with Gasteiger partial charge in [-0.3, -0.25) is 9.69 Å². The first-order valence-corrected chi connectivity index (χ1v) is 9.09. The van der Waals surface area contributed by atoms with Crippen LogP contribution in [0.5, 0.6) is 0 Å². The van der Waals surface area contributed by atoms with Gasteiger partial charge < -0.3 is 0 Å². The van der Waals surface area contributed by atoms with Gasteiger partial charge in [-0.05, 0) is 62.8 Å². The zero-order valence-corrected chi connectivity index (χ0v) is 14.2. The normalized spacial score (nSPS) is 32.9. The number of thioether (sulfide) groups is 1. The molecule has 1 spiro atoms. The number of nitrogens with zero attached hydrogens (tertiary/aromatic N) is 1. The van der Waals surface area contributed by atoms with Gasteiger partial charge in [-0.1, -0.05) is 24.9 Å². The Hall–Kier alpha value is -0.670. The van der Waals surface area contributed by atoms with Gasteiger partial charge in [0.25, 0.3) is 0 Å². The van der Waals surface area contributed by atoms with Gasteiger partial charge in [0, 0.05) is 10.7 Å². The van der Waals surface area contributed by atoms with Crippen molar-refractivity contribution >= 4 is 35.0 Å². The molecule has 1 unspecified atom stereocenters. The first kappa shape index (κ1) is 15.2. The molecule has 1 saturated heterocycles. The molecule has 0 aromatic heterocycles. The maximum absolute atomic E-state index is 12.7. The highest BCUT2D eigenvalue weighted by atomic mass is 35.5. The van der Waals surface area contributed by atoms with Crippen molar-refractivity contribution in [2.75, 3.05) is 4.90 Å². The lowest BCUT2D eigenvalue weighted by Gasteiger charge is -2.42. The number of hydrogen-bond acceptors (Lipinski definition) is 2. The van der Waals surface area contributed by atoms with Gasteiger partial charge in [-0.2, -0.15) is 0 Å². The first-order valence-electron chi connectivity index (χ1n) is 7.83. The van der Waals surface area contributed by atoms with Crippen molar-refractivity contribution in [2.24, 2.45) is 5.92 Å². The summed E-state index contributed by atoms with van der Waals surface area (Å²) in [6, 6.07) is 7.71. The number of halogens is 1. The molecule has 1 amide bonds. The lowest BCUT2D eigenvalue weighted by atomic mass is 9.83. The Labute approximate surface area is 136 Å². The molecule has 2 nitrogen and oxygen atoms in total. The molecule has 1 aliphatic carbocycles. The van der Waals surface area contributed by atoms with Gasteiger partial charge in [-0.15, -0.1) is 11.8 Å². The number of benzene rings is 1. The van der Waals surface area contributed by atoms with Crippen molar-refractivity contribution in [1.82, 2.24) is 0 Å². The number of carbonyl (C=O) groups is 1. The van der Waals surface area contributed by atoms with Crippen LogP contribution in [0, 0.1) is 5.92 Å². The van der Waals surface area contributed by atoms with Crippen LogP contribution < -0.4 is 4.90 Å². The standard InChI is InChI=1S/C17H22ClNOS/c1-3-13-8-10-17(11-9-13)19(16(20)12(2)21-17)15-6-4-14(18)5-7-15/h4-7,12-13H,3,8-11H2,1-2H3. The third-order valence-electron chi connectivity index (χ3n) is 4.92. The Morgan fingerprint density at radius 1 is 1.29 bits per heavy atom. The van der Waals surface area contributed by atoms with Gasteiger partial charge in [0.2, 0.25) is 5.91 Å². The van der Waals surface area contributed by atoms with Gasteiger partial charge in [0.15, 0.2) is 0 Å². The lowest BCUT2D eigenvalue weighted by Crippen LogP contribution is -2.47. The van der Waals surface area contributed by atoms with Crippen molar-refractivity contribution in [1.29, 1.82) is 0 Å². The minimum Gasteiger partial charge on any atom is -0.296 e. The van der Waals surface area contributed by atoms with Crippen molar-refractivity contribution in [3.05, 3.63) is 29.3 Å². The van der Waals surface area contributed by atoms with Crippen LogP contribution in [0.15, 0.2) is 24.3 Å². The topological polar surface area (TPSA) is 20.3 Å². The van der Waals surface area contributed by atoms with Crippen LogP contribution in [0.3, 0.4) is 0 Å². The molecule has 1 aliphatic heterocycles. The van der Waals surface area contributed by atoms with Gasteiger partial charge in [0.1, 0.15) is 0 Å². The second-order valence-corrected chi connectivity index (χ2v) is 8.35. The Kier molecular flexibility index (Phi) is 4.24. The quantitative estimate of drug-likeness (QED) is 0.754. The largest absolute Gasteiger partial charge is 0.296 e. The SMILES string of the molecule is CCC1CCC2(CC1)SC(C)C(=O)N2c1ccc(Cl)cc1. The van der Waals surface area contributed by atoms with E-state index in [2.05, 4.69) is 11.8 Å². The molecule has 1 saturated carbocycles. The smallest absolute Gasteiger partial charge is 0.241 e. The van der Waals surface area contributed by atoms with E-state index < -0.39 is 0 Å². The summed E-state index contributed by atoms with van der Waals surface area (Å²) >= 11 is 7.85. The zero-order chi connectivity index (χ0) is 15.0. The van der Waals surface area contributed by atoms with Crippen molar-refractivity contribution in [3.8, 4) is 0 Å². The number of anilines is 1. The minimum absolute atomic E-state index is 0.0317. The van der Waals surface area contributed by atoms with Crippen LogP contribution in [0.4, 0.5) is 5.69 Å². The van der Waals surface area contributed by atoms with E-state index in [4.69, 9.17) is 11.6 Å². The highest BCUT2D eigenvalue weighted by Crippen LogP contribution is 2.53. The van der Waals surface area contributed by atoms with Gasteiger partial charge >= 0.3 is 0 Å². The fourth-order valence-electron chi connectivity index (χ4n) is 3.65. The Balaban J connectivity index is 1.91. The third kappa shape index (κ3) is 2.70. The average molecular weight is 324 g/mol. The maximum Gasteiger partial charge on any atom is 0.241 e. The molecule has 0 bridgehead atoms. The molecule has 1 aromatic carbocycles. The summed E-state index contributed by atoms with van der Waals surface area (Å²) in [4.78, 5) is 14.7. The fraction of sp³-hybridized carbons (Fsp3) is 0.588. The van der Waals surface area contributed by atoms with Crippen LogP contribution in [0.1, 0.15) is 46.0 Å². The highest BCUT2D eigenvalue weighted by molar-refractivity contribution is 8.02. The van der Waals surface area contributed by atoms with E-state index in [0.29, 0.717) is 0 Å². The summed E-state index contributed by atoms with van der Waals surface area (Å²) in [6.07, 6.45) is 5.93. The molecule has 1 heterocycles. The first-order chi connectivity index (χ1) is 10.1. The summed E-state index contributed by atoms with van der Waals surface area (Å²) in [5.74, 6) is 1.08. The van der Waals surface area contributed by atoms with E-state index in [9.17, 15) is 4.79 Å². The molecule has 0 radical (unpaired) electrons. The van der Waals surface area contributed by atoms with Crippen LogP contribution in [-0.2, 0) is 4.79 Å². The third-order valence-corrected chi connectivity index (χ3v) is 6.76. The Morgan fingerprint density at radius 3 is 2.48 bits per heavy atom. The van der Waals surface area contributed by atoms with E-state index in [-0.39, 0.29) is 16.0 Å². The molecule has 4 heteroatoms. The number of amides is 1. The summed E-state index contributed by atoms with van der Waals surface area (Å²) in [5.41, 5.74) is 0.996. The highest BCUT2D eigenvalue weighted by Gasteiger charge is 2.51. The minimum atomic E-state index is -0.0317. The van der Waals surface area contributed by atoms with E-state index in [1.165, 1.54) is 19.3 Å². The molecule has 2 aliphatic rings. The van der Waals surface area contributed by atoms with Crippen molar-refractivity contribution < 1.29 is 4.79 Å². The Morgan fingerprint density at radius 2 is 1.90 bits per heavy atom. The monoisotopic (exact) mass is 323 g/mol. The van der Waals surface area contributed by atoms with E-state index >= 15 is 0 Å². The van der Waals surface area contributed by atoms with E-state index in [0.717, 1.165) is 29.5 Å². The number of rotatable bonds is 2. The maximum atomic E-state index is 12.7.